The Balaban J connectivity index is 1.80. The highest BCUT2D eigenvalue weighted by Gasteiger charge is 2.29. The number of thiophene rings is 1. The lowest BCUT2D eigenvalue weighted by Gasteiger charge is -2.23. The standard InChI is InChI=1S/C19H25NS/c1-3-11-20-19(18-10-9-17(4-2)21-18)16-12-14-7-5-6-8-15(14)13-16/h5-10,16,19-20H,3-4,11-13H2,1-2H3. The van der Waals surface area contributed by atoms with Gasteiger partial charge in [0.2, 0.25) is 0 Å². The Bertz CT molecular complexity index is 562. The van der Waals surface area contributed by atoms with Crippen molar-refractivity contribution in [3.63, 3.8) is 0 Å². The topological polar surface area (TPSA) is 12.0 Å². The zero-order valence-corrected chi connectivity index (χ0v) is 13.9. The van der Waals surface area contributed by atoms with Crippen LogP contribution in [0.1, 0.15) is 47.2 Å². The summed E-state index contributed by atoms with van der Waals surface area (Å²) in [5, 5.41) is 3.81. The molecule has 112 valence electrons. The Morgan fingerprint density at radius 3 is 2.38 bits per heavy atom. The van der Waals surface area contributed by atoms with Crippen LogP contribution in [0.4, 0.5) is 0 Å². The Morgan fingerprint density at radius 1 is 1.10 bits per heavy atom. The minimum Gasteiger partial charge on any atom is -0.309 e. The second-order valence-electron chi connectivity index (χ2n) is 6.03. The van der Waals surface area contributed by atoms with Crippen LogP contribution in [0.15, 0.2) is 36.4 Å². The van der Waals surface area contributed by atoms with E-state index < -0.39 is 0 Å². The molecule has 1 nitrogen and oxygen atoms in total. The van der Waals surface area contributed by atoms with Gasteiger partial charge in [-0.3, -0.25) is 0 Å². The first-order chi connectivity index (χ1) is 10.3. The van der Waals surface area contributed by atoms with Crippen LogP contribution in [0, 0.1) is 5.92 Å². The summed E-state index contributed by atoms with van der Waals surface area (Å²) in [6.07, 6.45) is 4.78. The molecule has 0 aliphatic heterocycles. The fourth-order valence-corrected chi connectivity index (χ4v) is 4.50. The first-order valence-corrected chi connectivity index (χ1v) is 9.02. The first-order valence-electron chi connectivity index (χ1n) is 8.20. The number of rotatable bonds is 6. The molecule has 0 bridgehead atoms. The molecule has 1 aliphatic rings. The van der Waals surface area contributed by atoms with Crippen LogP contribution < -0.4 is 5.32 Å². The van der Waals surface area contributed by atoms with E-state index in [9.17, 15) is 0 Å². The van der Waals surface area contributed by atoms with Crippen molar-refractivity contribution in [1.82, 2.24) is 5.32 Å². The van der Waals surface area contributed by atoms with Crippen LogP contribution in [0.5, 0.6) is 0 Å². The minimum atomic E-state index is 0.516. The van der Waals surface area contributed by atoms with Crippen molar-refractivity contribution in [2.75, 3.05) is 6.54 Å². The second kappa shape index (κ2) is 6.76. The lowest BCUT2D eigenvalue weighted by Crippen LogP contribution is -2.28. The molecular formula is C19H25NS. The largest absolute Gasteiger partial charge is 0.309 e. The highest BCUT2D eigenvalue weighted by Crippen LogP contribution is 2.37. The van der Waals surface area contributed by atoms with Gasteiger partial charge >= 0.3 is 0 Å². The van der Waals surface area contributed by atoms with Gasteiger partial charge in [-0.2, -0.15) is 0 Å². The van der Waals surface area contributed by atoms with E-state index in [1.807, 2.05) is 11.3 Å². The molecule has 0 saturated carbocycles. The van der Waals surface area contributed by atoms with E-state index in [4.69, 9.17) is 0 Å². The average molecular weight is 299 g/mol. The lowest BCUT2D eigenvalue weighted by molar-refractivity contribution is 0.379. The molecule has 1 N–H and O–H groups in total. The van der Waals surface area contributed by atoms with E-state index in [0.29, 0.717) is 12.0 Å². The predicted molar refractivity (Wildman–Crippen MR) is 92.1 cm³/mol. The molecule has 1 heterocycles. The van der Waals surface area contributed by atoms with E-state index in [2.05, 4.69) is 55.6 Å². The van der Waals surface area contributed by atoms with Gasteiger partial charge in [0, 0.05) is 15.8 Å². The maximum atomic E-state index is 3.81. The average Bonchev–Trinajstić information content (AvgIpc) is 3.14. The molecule has 0 spiro atoms. The van der Waals surface area contributed by atoms with Gasteiger partial charge in [-0.05, 0) is 61.4 Å². The quantitative estimate of drug-likeness (QED) is 0.810. The molecule has 21 heavy (non-hydrogen) atoms. The van der Waals surface area contributed by atoms with Gasteiger partial charge in [0.1, 0.15) is 0 Å². The highest BCUT2D eigenvalue weighted by molar-refractivity contribution is 7.12. The maximum absolute atomic E-state index is 3.81. The molecule has 0 fully saturated rings. The van der Waals surface area contributed by atoms with Crippen molar-refractivity contribution >= 4 is 11.3 Å². The summed E-state index contributed by atoms with van der Waals surface area (Å²) < 4.78 is 0. The summed E-state index contributed by atoms with van der Waals surface area (Å²) in [6, 6.07) is 14.1. The molecule has 3 rings (SSSR count). The Hall–Kier alpha value is -1.12. The molecule has 1 aromatic carbocycles. The van der Waals surface area contributed by atoms with Gasteiger partial charge in [-0.25, -0.2) is 0 Å². The third-order valence-electron chi connectivity index (χ3n) is 4.51. The van der Waals surface area contributed by atoms with Gasteiger partial charge < -0.3 is 5.32 Å². The third-order valence-corrected chi connectivity index (χ3v) is 5.82. The van der Waals surface area contributed by atoms with E-state index in [0.717, 1.165) is 13.0 Å². The van der Waals surface area contributed by atoms with E-state index in [1.165, 1.54) is 29.0 Å². The molecule has 0 saturated heterocycles. The fourth-order valence-electron chi connectivity index (χ4n) is 3.38. The summed E-state index contributed by atoms with van der Waals surface area (Å²) in [7, 11) is 0. The summed E-state index contributed by atoms with van der Waals surface area (Å²) in [5.74, 6) is 0.706. The van der Waals surface area contributed by atoms with Crippen molar-refractivity contribution in [3.05, 3.63) is 57.3 Å². The molecule has 1 unspecified atom stereocenters. The SMILES string of the molecule is CCCNC(c1ccc(CC)s1)C1Cc2ccccc2C1. The van der Waals surface area contributed by atoms with E-state index >= 15 is 0 Å². The summed E-state index contributed by atoms with van der Waals surface area (Å²) in [5.41, 5.74) is 3.11. The molecule has 0 amide bonds. The highest BCUT2D eigenvalue weighted by atomic mass is 32.1. The van der Waals surface area contributed by atoms with Crippen LogP contribution in [0.2, 0.25) is 0 Å². The normalized spacial score (nSPS) is 16.1. The lowest BCUT2D eigenvalue weighted by atomic mass is 9.95. The molecule has 1 aromatic heterocycles. The van der Waals surface area contributed by atoms with E-state index in [1.54, 1.807) is 11.1 Å². The smallest absolute Gasteiger partial charge is 0.0449 e. The van der Waals surface area contributed by atoms with Crippen molar-refractivity contribution < 1.29 is 0 Å². The first kappa shape index (κ1) is 14.8. The monoisotopic (exact) mass is 299 g/mol. The Kier molecular flexibility index (Phi) is 4.77. The Labute approximate surface area is 132 Å². The van der Waals surface area contributed by atoms with Gasteiger partial charge in [0.15, 0.2) is 0 Å². The van der Waals surface area contributed by atoms with E-state index in [-0.39, 0.29) is 0 Å². The van der Waals surface area contributed by atoms with Crippen molar-refractivity contribution in [1.29, 1.82) is 0 Å². The number of benzene rings is 1. The number of hydrogen-bond donors (Lipinski definition) is 1. The number of aryl methyl sites for hydroxylation is 1. The second-order valence-corrected chi connectivity index (χ2v) is 7.23. The zero-order valence-electron chi connectivity index (χ0n) is 13.1. The fraction of sp³-hybridized carbons (Fsp3) is 0.474. The van der Waals surface area contributed by atoms with Crippen molar-refractivity contribution in [2.45, 2.75) is 45.6 Å². The number of fused-ring (bicyclic) bond motifs is 1. The maximum Gasteiger partial charge on any atom is 0.0449 e. The number of nitrogens with one attached hydrogen (secondary N) is 1. The van der Waals surface area contributed by atoms with Gasteiger partial charge in [-0.15, -0.1) is 11.3 Å². The molecular weight excluding hydrogens is 274 g/mol. The number of hydrogen-bond acceptors (Lipinski definition) is 2. The molecule has 2 aromatic rings. The molecule has 1 atom stereocenters. The van der Waals surface area contributed by atoms with Gasteiger partial charge in [0.05, 0.1) is 0 Å². The zero-order chi connectivity index (χ0) is 14.7. The third kappa shape index (κ3) is 3.22. The summed E-state index contributed by atoms with van der Waals surface area (Å²) in [6.45, 7) is 5.60. The molecule has 2 heteroatoms. The molecule has 0 radical (unpaired) electrons. The van der Waals surface area contributed by atoms with Gasteiger partial charge in [0.25, 0.3) is 0 Å². The van der Waals surface area contributed by atoms with Crippen LogP contribution in [0.3, 0.4) is 0 Å². The molecule has 1 aliphatic carbocycles. The predicted octanol–water partition coefficient (Wildman–Crippen LogP) is 4.77. The summed E-state index contributed by atoms with van der Waals surface area (Å²) in [4.78, 5) is 3.03. The van der Waals surface area contributed by atoms with Crippen LogP contribution in [0.25, 0.3) is 0 Å². The Morgan fingerprint density at radius 2 is 1.81 bits per heavy atom. The van der Waals surface area contributed by atoms with Crippen LogP contribution >= 0.6 is 11.3 Å². The summed E-state index contributed by atoms with van der Waals surface area (Å²) >= 11 is 1.99. The van der Waals surface area contributed by atoms with Crippen LogP contribution in [-0.2, 0) is 19.3 Å². The van der Waals surface area contributed by atoms with Crippen molar-refractivity contribution in [3.8, 4) is 0 Å². The van der Waals surface area contributed by atoms with Crippen LogP contribution in [-0.4, -0.2) is 6.54 Å². The minimum absolute atomic E-state index is 0.516. The van der Waals surface area contributed by atoms with Crippen molar-refractivity contribution in [2.24, 2.45) is 5.92 Å². The van der Waals surface area contributed by atoms with Gasteiger partial charge in [-0.1, -0.05) is 38.1 Å².